The summed E-state index contributed by atoms with van der Waals surface area (Å²) in [6.45, 7) is 5.90. The molecule has 4 nitrogen and oxygen atoms in total. The van der Waals surface area contributed by atoms with Crippen molar-refractivity contribution in [3.05, 3.63) is 70.9 Å². The van der Waals surface area contributed by atoms with E-state index in [0.717, 1.165) is 17.5 Å². The molecule has 0 aliphatic carbocycles. The number of aromatic amines is 1. The van der Waals surface area contributed by atoms with Gasteiger partial charge in [-0.1, -0.05) is 31.2 Å². The Morgan fingerprint density at radius 3 is 2.38 bits per heavy atom. The van der Waals surface area contributed by atoms with Gasteiger partial charge in [-0.3, -0.25) is 14.5 Å². The van der Waals surface area contributed by atoms with Crippen molar-refractivity contribution in [2.45, 2.75) is 39.2 Å². The van der Waals surface area contributed by atoms with E-state index in [9.17, 15) is 9.59 Å². The smallest absolute Gasteiger partial charge is 0.261 e. The summed E-state index contributed by atoms with van der Waals surface area (Å²) in [5, 5.41) is 1.21. The highest BCUT2D eigenvalue weighted by molar-refractivity contribution is 6.21. The van der Waals surface area contributed by atoms with E-state index < -0.39 is 0 Å². The van der Waals surface area contributed by atoms with E-state index in [4.69, 9.17) is 0 Å². The van der Waals surface area contributed by atoms with Crippen molar-refractivity contribution < 1.29 is 9.59 Å². The fraction of sp³-hybridized carbons (Fsp3) is 0.273. The van der Waals surface area contributed by atoms with Crippen LogP contribution in [0.15, 0.2) is 48.5 Å². The lowest BCUT2D eigenvalue weighted by molar-refractivity contribution is 0.0609. The molecule has 2 aromatic carbocycles. The highest BCUT2D eigenvalue weighted by Crippen LogP contribution is 2.29. The molecular weight excluding hydrogens is 324 g/mol. The normalized spacial score (nSPS) is 15.2. The Bertz CT molecular complexity index is 983. The lowest BCUT2D eigenvalue weighted by Crippen LogP contribution is -2.35. The van der Waals surface area contributed by atoms with Gasteiger partial charge in [0.25, 0.3) is 11.8 Å². The summed E-state index contributed by atoms with van der Waals surface area (Å²) in [5.41, 5.74) is 4.44. The molecule has 0 radical (unpaired) electrons. The Balaban J connectivity index is 1.60. The number of para-hydroxylation sites is 1. The quantitative estimate of drug-likeness (QED) is 0.706. The number of carbonyl (C=O) groups excluding carboxylic acids is 2. The number of nitrogens with zero attached hydrogens (tertiary/aromatic N) is 1. The zero-order chi connectivity index (χ0) is 18.4. The van der Waals surface area contributed by atoms with E-state index in [1.165, 1.54) is 16.0 Å². The molecule has 0 spiro atoms. The van der Waals surface area contributed by atoms with Crippen LogP contribution in [0.2, 0.25) is 0 Å². The van der Waals surface area contributed by atoms with E-state index in [1.54, 1.807) is 6.07 Å². The van der Waals surface area contributed by atoms with Crippen molar-refractivity contribution in [2.24, 2.45) is 0 Å². The van der Waals surface area contributed by atoms with Crippen molar-refractivity contribution in [3.8, 4) is 0 Å². The molecule has 1 aromatic heterocycles. The highest BCUT2D eigenvalue weighted by atomic mass is 16.2. The van der Waals surface area contributed by atoms with Crippen molar-refractivity contribution in [1.82, 2.24) is 9.88 Å². The fourth-order valence-corrected chi connectivity index (χ4v) is 3.73. The number of rotatable bonds is 4. The average molecular weight is 346 g/mol. The minimum Gasteiger partial charge on any atom is -0.358 e. The second kappa shape index (κ2) is 6.13. The average Bonchev–Trinajstić information content (AvgIpc) is 3.15. The number of nitrogens with one attached hydrogen (secondary N) is 1. The van der Waals surface area contributed by atoms with Gasteiger partial charge < -0.3 is 4.98 Å². The van der Waals surface area contributed by atoms with Crippen LogP contribution in [0.3, 0.4) is 0 Å². The molecule has 26 heavy (non-hydrogen) atoms. The van der Waals surface area contributed by atoms with Gasteiger partial charge in [0.05, 0.1) is 11.1 Å². The van der Waals surface area contributed by atoms with Crippen LogP contribution in [0.1, 0.15) is 58.7 Å². The summed E-state index contributed by atoms with van der Waals surface area (Å²) in [6.07, 6.45) is 0.809. The van der Waals surface area contributed by atoms with Crippen LogP contribution in [0, 0.1) is 0 Å². The summed E-state index contributed by atoms with van der Waals surface area (Å²) in [4.78, 5) is 29.8. The van der Waals surface area contributed by atoms with E-state index in [-0.39, 0.29) is 23.8 Å². The molecule has 1 atom stereocenters. The topological polar surface area (TPSA) is 53.2 Å². The van der Waals surface area contributed by atoms with Gasteiger partial charge in [0.1, 0.15) is 0 Å². The molecule has 3 aromatic rings. The number of imide groups is 1. The van der Waals surface area contributed by atoms with Crippen molar-refractivity contribution in [2.75, 3.05) is 0 Å². The van der Waals surface area contributed by atoms with Crippen LogP contribution in [0.4, 0.5) is 0 Å². The van der Waals surface area contributed by atoms with Gasteiger partial charge in [-0.15, -0.1) is 0 Å². The summed E-state index contributed by atoms with van der Waals surface area (Å²) in [7, 11) is 0. The van der Waals surface area contributed by atoms with Crippen molar-refractivity contribution in [1.29, 1.82) is 0 Å². The lowest BCUT2D eigenvalue weighted by Gasteiger charge is -2.17. The number of fused-ring (bicyclic) bond motifs is 2. The molecule has 2 amide bonds. The first-order valence-electron chi connectivity index (χ1n) is 9.04. The second-order valence-corrected chi connectivity index (χ2v) is 7.37. The Labute approximate surface area is 152 Å². The maximum Gasteiger partial charge on any atom is 0.261 e. The van der Waals surface area contributed by atoms with Gasteiger partial charge in [-0.2, -0.15) is 0 Å². The molecular formula is C22H22N2O2. The Hall–Kier alpha value is -2.88. The maximum atomic E-state index is 12.6. The molecule has 4 rings (SSSR count). The third kappa shape index (κ3) is 2.62. The molecule has 0 saturated carbocycles. The number of amides is 2. The van der Waals surface area contributed by atoms with E-state index in [2.05, 4.69) is 30.1 Å². The molecule has 0 bridgehead atoms. The standard InChI is InChI=1S/C22H22N2O2/c1-13(2)24-21(25)17-9-8-15(11-18(17)22(24)26)10-14(3)20-12-16-6-4-5-7-19(16)23-20/h4-9,11-14,23H,10H2,1-3H3. The number of H-pyrrole nitrogens is 1. The van der Waals surface area contributed by atoms with Crippen LogP contribution in [-0.2, 0) is 6.42 Å². The summed E-state index contributed by atoms with van der Waals surface area (Å²) in [6, 6.07) is 15.9. The van der Waals surface area contributed by atoms with Gasteiger partial charge in [0.15, 0.2) is 0 Å². The molecule has 0 saturated heterocycles. The van der Waals surface area contributed by atoms with Gasteiger partial charge in [0.2, 0.25) is 0 Å². The largest absolute Gasteiger partial charge is 0.358 e. The minimum absolute atomic E-state index is 0.129. The maximum absolute atomic E-state index is 12.6. The number of benzene rings is 2. The van der Waals surface area contributed by atoms with Gasteiger partial charge >= 0.3 is 0 Å². The monoisotopic (exact) mass is 346 g/mol. The van der Waals surface area contributed by atoms with Crippen LogP contribution >= 0.6 is 0 Å². The minimum atomic E-state index is -0.185. The number of carbonyl (C=O) groups is 2. The van der Waals surface area contributed by atoms with Gasteiger partial charge in [-0.25, -0.2) is 0 Å². The van der Waals surface area contributed by atoms with Crippen LogP contribution in [0.5, 0.6) is 0 Å². The molecule has 0 fully saturated rings. The van der Waals surface area contributed by atoms with Crippen molar-refractivity contribution >= 4 is 22.7 Å². The van der Waals surface area contributed by atoms with Gasteiger partial charge in [-0.05, 0) is 55.5 Å². The summed E-state index contributed by atoms with van der Waals surface area (Å²) >= 11 is 0. The second-order valence-electron chi connectivity index (χ2n) is 7.37. The predicted octanol–water partition coefficient (Wildman–Crippen LogP) is 4.52. The molecule has 132 valence electrons. The molecule has 2 heterocycles. The molecule has 1 unspecified atom stereocenters. The van der Waals surface area contributed by atoms with E-state index in [1.807, 2.05) is 38.1 Å². The Morgan fingerprint density at radius 1 is 0.923 bits per heavy atom. The molecule has 1 aliphatic heterocycles. The van der Waals surface area contributed by atoms with Crippen LogP contribution < -0.4 is 0 Å². The Kier molecular flexibility index (Phi) is 3.91. The summed E-state index contributed by atoms with van der Waals surface area (Å²) in [5.74, 6) is -0.0795. The highest BCUT2D eigenvalue weighted by Gasteiger charge is 2.37. The van der Waals surface area contributed by atoms with Crippen molar-refractivity contribution in [3.63, 3.8) is 0 Å². The fourth-order valence-electron chi connectivity index (χ4n) is 3.73. The number of hydrogen-bond donors (Lipinski definition) is 1. The first kappa shape index (κ1) is 16.6. The zero-order valence-electron chi connectivity index (χ0n) is 15.2. The molecule has 4 heteroatoms. The molecule has 1 aliphatic rings. The third-order valence-corrected chi connectivity index (χ3v) is 5.12. The van der Waals surface area contributed by atoms with Crippen LogP contribution in [-0.4, -0.2) is 27.7 Å². The summed E-state index contributed by atoms with van der Waals surface area (Å²) < 4.78 is 0. The Morgan fingerprint density at radius 2 is 1.65 bits per heavy atom. The number of aromatic nitrogens is 1. The van der Waals surface area contributed by atoms with E-state index in [0.29, 0.717) is 11.1 Å². The predicted molar refractivity (Wildman–Crippen MR) is 102 cm³/mol. The van der Waals surface area contributed by atoms with Gasteiger partial charge in [0, 0.05) is 23.2 Å². The zero-order valence-corrected chi connectivity index (χ0v) is 15.2. The first-order valence-corrected chi connectivity index (χ1v) is 9.04. The first-order chi connectivity index (χ1) is 12.5. The SMILES string of the molecule is CC(Cc1ccc2c(c1)C(=O)N(C(C)C)C2=O)c1cc2ccccc2[nH]1. The number of hydrogen-bond acceptors (Lipinski definition) is 2. The third-order valence-electron chi connectivity index (χ3n) is 5.12. The van der Waals surface area contributed by atoms with E-state index >= 15 is 0 Å². The molecule has 1 N–H and O–H groups in total. The van der Waals surface area contributed by atoms with Crippen LogP contribution in [0.25, 0.3) is 10.9 Å². The lowest BCUT2D eigenvalue weighted by atomic mass is 9.95.